The first-order valence-corrected chi connectivity index (χ1v) is 9.13. The molecule has 0 bridgehead atoms. The minimum Gasteiger partial charge on any atom is -0.352 e. The number of aromatic amines is 1. The Labute approximate surface area is 147 Å². The van der Waals surface area contributed by atoms with Gasteiger partial charge < -0.3 is 10.3 Å². The molecule has 1 amide bonds. The molecule has 6 heteroatoms. The van der Waals surface area contributed by atoms with Crippen LogP contribution < -0.4 is 16.6 Å². The maximum Gasteiger partial charge on any atom is 0.328 e. The lowest BCUT2D eigenvalue weighted by atomic mass is 10.1. The quantitative estimate of drug-likeness (QED) is 0.686. The van der Waals surface area contributed by atoms with Gasteiger partial charge in [-0.2, -0.15) is 0 Å². The standard InChI is InChI=1S/C19H27N3O3/c1-3-5-7-11-20-17(23)14-9-10-15-16(13-14)21-19(25)22(18(15)24)12-8-6-4-2/h9-10,13H,3-8,11-12H2,1-2H3,(H,20,23)(H,21,25). The zero-order chi connectivity index (χ0) is 18.2. The predicted octanol–water partition coefficient (Wildman–Crippen LogP) is 2.80. The number of rotatable bonds is 9. The van der Waals surface area contributed by atoms with E-state index in [4.69, 9.17) is 0 Å². The largest absolute Gasteiger partial charge is 0.352 e. The van der Waals surface area contributed by atoms with Gasteiger partial charge in [0, 0.05) is 18.7 Å². The number of H-pyrrole nitrogens is 1. The molecule has 1 heterocycles. The van der Waals surface area contributed by atoms with Gasteiger partial charge in [0.25, 0.3) is 11.5 Å². The van der Waals surface area contributed by atoms with Gasteiger partial charge >= 0.3 is 5.69 Å². The predicted molar refractivity (Wildman–Crippen MR) is 100 cm³/mol. The molecular formula is C19H27N3O3. The van der Waals surface area contributed by atoms with Crippen molar-refractivity contribution >= 4 is 16.8 Å². The molecule has 0 spiro atoms. The van der Waals surface area contributed by atoms with Gasteiger partial charge in [0.2, 0.25) is 0 Å². The summed E-state index contributed by atoms with van der Waals surface area (Å²) in [5, 5.41) is 3.29. The van der Waals surface area contributed by atoms with Crippen molar-refractivity contribution in [1.82, 2.24) is 14.9 Å². The Balaban J connectivity index is 2.23. The molecule has 2 aromatic rings. The molecule has 1 aromatic carbocycles. The lowest BCUT2D eigenvalue weighted by Crippen LogP contribution is -2.35. The zero-order valence-electron chi connectivity index (χ0n) is 15.1. The van der Waals surface area contributed by atoms with Crippen LogP contribution in [0.4, 0.5) is 0 Å². The van der Waals surface area contributed by atoms with Crippen LogP contribution in [0.2, 0.25) is 0 Å². The van der Waals surface area contributed by atoms with Crippen molar-refractivity contribution in [1.29, 1.82) is 0 Å². The lowest BCUT2D eigenvalue weighted by molar-refractivity contribution is 0.0953. The number of nitrogens with one attached hydrogen (secondary N) is 2. The number of nitrogens with zero attached hydrogens (tertiary/aromatic N) is 1. The van der Waals surface area contributed by atoms with Crippen LogP contribution in [0.15, 0.2) is 27.8 Å². The Hall–Kier alpha value is -2.37. The van der Waals surface area contributed by atoms with Crippen molar-refractivity contribution in [2.75, 3.05) is 6.54 Å². The minimum absolute atomic E-state index is 0.189. The van der Waals surface area contributed by atoms with E-state index in [2.05, 4.69) is 24.1 Å². The van der Waals surface area contributed by atoms with Crippen molar-refractivity contribution in [3.05, 3.63) is 44.6 Å². The van der Waals surface area contributed by atoms with Gasteiger partial charge in [-0.05, 0) is 31.0 Å². The van der Waals surface area contributed by atoms with Crippen LogP contribution in [0.3, 0.4) is 0 Å². The van der Waals surface area contributed by atoms with E-state index in [0.717, 1.165) is 38.5 Å². The molecule has 0 aliphatic carbocycles. The number of hydrogen-bond donors (Lipinski definition) is 2. The second-order valence-electron chi connectivity index (χ2n) is 6.32. The van der Waals surface area contributed by atoms with Gasteiger partial charge in [-0.25, -0.2) is 4.79 Å². The third kappa shape index (κ3) is 4.81. The van der Waals surface area contributed by atoms with Gasteiger partial charge in [0.05, 0.1) is 10.9 Å². The first kappa shape index (κ1) is 19.0. The van der Waals surface area contributed by atoms with Crippen LogP contribution in [0.1, 0.15) is 62.7 Å². The number of carbonyl (C=O) groups is 1. The fourth-order valence-corrected chi connectivity index (χ4v) is 2.80. The molecule has 136 valence electrons. The summed E-state index contributed by atoms with van der Waals surface area (Å²) in [6.07, 6.45) is 5.90. The fourth-order valence-electron chi connectivity index (χ4n) is 2.80. The van der Waals surface area contributed by atoms with Crippen LogP contribution in [0.25, 0.3) is 10.9 Å². The monoisotopic (exact) mass is 345 g/mol. The van der Waals surface area contributed by atoms with Crippen molar-refractivity contribution < 1.29 is 4.79 Å². The number of carbonyl (C=O) groups excluding carboxylic acids is 1. The molecule has 2 rings (SSSR count). The van der Waals surface area contributed by atoms with Gasteiger partial charge in [-0.3, -0.25) is 14.2 Å². The number of unbranched alkanes of at least 4 members (excludes halogenated alkanes) is 4. The molecule has 25 heavy (non-hydrogen) atoms. The van der Waals surface area contributed by atoms with E-state index in [1.165, 1.54) is 4.57 Å². The normalized spacial score (nSPS) is 11.0. The number of benzene rings is 1. The maximum absolute atomic E-state index is 12.5. The van der Waals surface area contributed by atoms with Crippen LogP contribution in [0.5, 0.6) is 0 Å². The van der Waals surface area contributed by atoms with Crippen molar-refractivity contribution in [2.24, 2.45) is 0 Å². The number of amides is 1. The molecule has 0 aliphatic heterocycles. The minimum atomic E-state index is -0.422. The number of hydrogen-bond acceptors (Lipinski definition) is 3. The van der Waals surface area contributed by atoms with E-state index in [1.807, 2.05) is 0 Å². The summed E-state index contributed by atoms with van der Waals surface area (Å²) in [6, 6.07) is 4.82. The smallest absolute Gasteiger partial charge is 0.328 e. The second kappa shape index (κ2) is 9.20. The van der Waals surface area contributed by atoms with Crippen LogP contribution in [0, 0.1) is 0 Å². The molecular weight excluding hydrogens is 318 g/mol. The second-order valence-corrected chi connectivity index (χ2v) is 6.32. The highest BCUT2D eigenvalue weighted by atomic mass is 16.2. The first-order valence-electron chi connectivity index (χ1n) is 9.13. The van der Waals surface area contributed by atoms with Gasteiger partial charge in [-0.1, -0.05) is 39.5 Å². The van der Waals surface area contributed by atoms with Crippen molar-refractivity contribution in [3.63, 3.8) is 0 Å². The third-order valence-electron chi connectivity index (χ3n) is 4.30. The maximum atomic E-state index is 12.5. The Morgan fingerprint density at radius 3 is 2.52 bits per heavy atom. The Morgan fingerprint density at radius 1 is 1.08 bits per heavy atom. The Kier molecular flexibility index (Phi) is 6.98. The summed E-state index contributed by atoms with van der Waals surface area (Å²) in [7, 11) is 0. The number of aromatic nitrogens is 2. The lowest BCUT2D eigenvalue weighted by Gasteiger charge is -2.08. The molecule has 2 N–H and O–H groups in total. The summed E-state index contributed by atoms with van der Waals surface area (Å²) in [4.78, 5) is 39.6. The summed E-state index contributed by atoms with van der Waals surface area (Å²) < 4.78 is 1.24. The van der Waals surface area contributed by atoms with Crippen molar-refractivity contribution in [2.45, 2.75) is 58.9 Å². The van der Waals surface area contributed by atoms with E-state index < -0.39 is 5.69 Å². The van der Waals surface area contributed by atoms with Crippen LogP contribution >= 0.6 is 0 Å². The molecule has 0 fully saturated rings. The first-order chi connectivity index (χ1) is 12.1. The van der Waals surface area contributed by atoms with E-state index in [-0.39, 0.29) is 11.5 Å². The van der Waals surface area contributed by atoms with E-state index in [9.17, 15) is 14.4 Å². The Bertz CT molecular complexity index is 836. The molecule has 0 atom stereocenters. The summed E-state index contributed by atoms with van der Waals surface area (Å²) in [6.45, 7) is 5.22. The average molecular weight is 345 g/mol. The SMILES string of the molecule is CCCCCNC(=O)c1ccc2c(=O)n(CCCCC)c(=O)[nH]c2c1. The van der Waals surface area contributed by atoms with E-state index in [1.54, 1.807) is 18.2 Å². The van der Waals surface area contributed by atoms with Gasteiger partial charge in [-0.15, -0.1) is 0 Å². The number of fused-ring (bicyclic) bond motifs is 1. The highest BCUT2D eigenvalue weighted by molar-refractivity contribution is 5.97. The Morgan fingerprint density at radius 2 is 1.80 bits per heavy atom. The fraction of sp³-hybridized carbons (Fsp3) is 0.526. The molecule has 1 aromatic heterocycles. The average Bonchev–Trinajstić information content (AvgIpc) is 2.61. The summed E-state index contributed by atoms with van der Waals surface area (Å²) in [5.74, 6) is -0.189. The molecule has 6 nitrogen and oxygen atoms in total. The zero-order valence-corrected chi connectivity index (χ0v) is 15.1. The van der Waals surface area contributed by atoms with Gasteiger partial charge in [0.1, 0.15) is 0 Å². The summed E-state index contributed by atoms with van der Waals surface area (Å²) in [5.41, 5.74) is 0.129. The summed E-state index contributed by atoms with van der Waals surface area (Å²) >= 11 is 0. The molecule has 0 saturated heterocycles. The van der Waals surface area contributed by atoms with Crippen LogP contribution in [-0.2, 0) is 6.54 Å². The molecule has 0 aliphatic rings. The molecule has 0 saturated carbocycles. The van der Waals surface area contributed by atoms with E-state index >= 15 is 0 Å². The highest BCUT2D eigenvalue weighted by Crippen LogP contribution is 2.09. The molecule has 0 radical (unpaired) electrons. The van der Waals surface area contributed by atoms with Crippen molar-refractivity contribution in [3.8, 4) is 0 Å². The van der Waals surface area contributed by atoms with E-state index in [0.29, 0.717) is 29.6 Å². The molecule has 0 unspecified atom stereocenters. The highest BCUT2D eigenvalue weighted by Gasteiger charge is 2.11. The third-order valence-corrected chi connectivity index (χ3v) is 4.30. The topological polar surface area (TPSA) is 84.0 Å². The van der Waals surface area contributed by atoms with Gasteiger partial charge in [0.15, 0.2) is 0 Å². The van der Waals surface area contributed by atoms with Crippen LogP contribution in [-0.4, -0.2) is 22.0 Å².